The highest BCUT2D eigenvalue weighted by Gasteiger charge is 2.35. The molecule has 0 radical (unpaired) electrons. The fraction of sp³-hybridized carbons (Fsp3) is 0.280. The van der Waals surface area contributed by atoms with Crippen LogP contribution in [0.1, 0.15) is 41.6 Å². The van der Waals surface area contributed by atoms with E-state index >= 15 is 0 Å². The number of rotatable bonds is 7. The predicted octanol–water partition coefficient (Wildman–Crippen LogP) is 7.41. The smallest absolute Gasteiger partial charge is 0.329 e. The minimum Gasteiger partial charge on any atom is -0.458 e. The van der Waals surface area contributed by atoms with E-state index < -0.39 is 17.6 Å². The van der Waals surface area contributed by atoms with Gasteiger partial charge in [-0.05, 0) is 71.9 Å². The number of thiophene rings is 1. The summed E-state index contributed by atoms with van der Waals surface area (Å²) < 4.78 is 6.61. The van der Waals surface area contributed by atoms with Gasteiger partial charge in [-0.2, -0.15) is 0 Å². The second-order valence-electron chi connectivity index (χ2n) is 8.49. The quantitative estimate of drug-likeness (QED) is 0.279. The first-order chi connectivity index (χ1) is 15.5. The molecule has 0 saturated heterocycles. The van der Waals surface area contributed by atoms with Crippen molar-refractivity contribution in [3.63, 3.8) is 0 Å². The van der Waals surface area contributed by atoms with Crippen LogP contribution in [0.15, 0.2) is 64.5 Å². The van der Waals surface area contributed by atoms with Gasteiger partial charge >= 0.3 is 5.97 Å². The Kier molecular flexibility index (Phi) is 8.62. The molecule has 0 fully saturated rings. The number of esters is 1. The fourth-order valence-electron chi connectivity index (χ4n) is 3.26. The zero-order valence-electron chi connectivity index (χ0n) is 18.5. The van der Waals surface area contributed by atoms with E-state index in [2.05, 4.69) is 15.9 Å². The first-order valence-corrected chi connectivity index (χ1v) is 12.7. The van der Waals surface area contributed by atoms with E-state index in [0.29, 0.717) is 11.4 Å². The fourth-order valence-corrected chi connectivity index (χ4v) is 5.23. The maximum Gasteiger partial charge on any atom is 0.329 e. The van der Waals surface area contributed by atoms with Gasteiger partial charge in [0.2, 0.25) is 0 Å². The summed E-state index contributed by atoms with van der Waals surface area (Å²) >= 11 is 17.5. The highest BCUT2D eigenvalue weighted by molar-refractivity contribution is 9.10. The molecule has 0 aliphatic rings. The lowest BCUT2D eigenvalue weighted by molar-refractivity contribution is -0.160. The van der Waals surface area contributed by atoms with Crippen LogP contribution in [-0.4, -0.2) is 28.4 Å². The van der Waals surface area contributed by atoms with Gasteiger partial charge in [0, 0.05) is 20.8 Å². The van der Waals surface area contributed by atoms with E-state index in [-0.39, 0.29) is 23.0 Å². The van der Waals surface area contributed by atoms with Crippen molar-refractivity contribution in [2.45, 2.75) is 45.4 Å². The molecule has 0 bridgehead atoms. The first kappa shape index (κ1) is 25.8. The number of nitrogens with zero attached hydrogens (tertiary/aromatic N) is 1. The van der Waals surface area contributed by atoms with Gasteiger partial charge in [0.15, 0.2) is 0 Å². The van der Waals surface area contributed by atoms with Crippen LogP contribution < -0.4 is 0 Å². The molecule has 8 heteroatoms. The highest BCUT2D eigenvalue weighted by Crippen LogP contribution is 2.29. The summed E-state index contributed by atoms with van der Waals surface area (Å²) in [4.78, 5) is 29.7. The van der Waals surface area contributed by atoms with E-state index in [4.69, 9.17) is 27.9 Å². The third-order valence-corrected chi connectivity index (χ3v) is 7.21. The van der Waals surface area contributed by atoms with E-state index in [1.54, 1.807) is 12.1 Å². The number of benzene rings is 2. The molecule has 4 nitrogen and oxygen atoms in total. The van der Waals surface area contributed by atoms with Crippen molar-refractivity contribution in [2.24, 2.45) is 0 Å². The van der Waals surface area contributed by atoms with Crippen LogP contribution in [0.4, 0.5) is 0 Å². The number of ether oxygens (including phenoxy) is 1. The predicted molar refractivity (Wildman–Crippen MR) is 138 cm³/mol. The number of carbonyl (C=O) groups is 2. The highest BCUT2D eigenvalue weighted by atomic mass is 79.9. The Hall–Kier alpha value is -1.86. The summed E-state index contributed by atoms with van der Waals surface area (Å²) in [5, 5.41) is 2.58. The normalized spacial score (nSPS) is 12.3. The van der Waals surface area contributed by atoms with E-state index in [0.717, 1.165) is 14.9 Å². The standard InChI is InChI=1S/C25H24BrCl2NO3S/c1-25(2,3)32-24(31)21(13-16-7-5-4-6-8-16)29(15-22-19(26)11-12-33-22)23(30)18-10-9-17(27)14-20(18)28/h4-12,14,21H,13,15H2,1-3H3. The van der Waals surface area contributed by atoms with Gasteiger partial charge in [0.05, 0.1) is 17.1 Å². The van der Waals surface area contributed by atoms with Crippen LogP contribution in [0.25, 0.3) is 0 Å². The number of halogens is 3. The molecule has 3 rings (SSSR count). The van der Waals surface area contributed by atoms with Crippen LogP contribution in [0.5, 0.6) is 0 Å². The minimum absolute atomic E-state index is 0.215. The lowest BCUT2D eigenvalue weighted by Gasteiger charge is -2.33. The Balaban J connectivity index is 2.07. The largest absolute Gasteiger partial charge is 0.458 e. The van der Waals surface area contributed by atoms with Crippen molar-refractivity contribution in [3.8, 4) is 0 Å². The second-order valence-corrected chi connectivity index (χ2v) is 11.2. The number of carbonyl (C=O) groups excluding carboxylic acids is 2. The van der Waals surface area contributed by atoms with Crippen molar-refractivity contribution >= 4 is 62.3 Å². The summed E-state index contributed by atoms with van der Waals surface area (Å²) in [5.41, 5.74) is 0.483. The van der Waals surface area contributed by atoms with Gasteiger partial charge in [-0.1, -0.05) is 53.5 Å². The summed E-state index contributed by atoms with van der Waals surface area (Å²) in [6, 6.07) is 15.3. The summed E-state index contributed by atoms with van der Waals surface area (Å²) in [7, 11) is 0. The molecule has 1 amide bonds. The van der Waals surface area contributed by atoms with E-state index in [1.165, 1.54) is 22.3 Å². The number of hydrogen-bond donors (Lipinski definition) is 0. The summed E-state index contributed by atoms with van der Waals surface area (Å²) in [5.74, 6) is -0.846. The molecule has 1 aromatic heterocycles. The van der Waals surface area contributed by atoms with Crippen molar-refractivity contribution in [1.82, 2.24) is 4.90 Å². The van der Waals surface area contributed by atoms with Crippen LogP contribution in [0.3, 0.4) is 0 Å². The maximum absolute atomic E-state index is 13.8. The van der Waals surface area contributed by atoms with E-state index in [1.807, 2.05) is 62.5 Å². The second kappa shape index (κ2) is 11.0. The van der Waals surface area contributed by atoms with E-state index in [9.17, 15) is 9.59 Å². The molecule has 0 saturated carbocycles. The third-order valence-electron chi connectivity index (χ3n) is 4.75. The van der Waals surface area contributed by atoms with Crippen LogP contribution in [0.2, 0.25) is 10.0 Å². The lowest BCUT2D eigenvalue weighted by atomic mass is 10.0. The average Bonchev–Trinajstić information content (AvgIpc) is 3.14. The molecule has 3 aromatic rings. The molecule has 2 aromatic carbocycles. The number of amides is 1. The van der Waals surface area contributed by atoms with Crippen LogP contribution in [-0.2, 0) is 22.5 Å². The molecule has 1 heterocycles. The molecule has 1 atom stereocenters. The molecule has 0 aliphatic heterocycles. The molecule has 174 valence electrons. The molecule has 0 N–H and O–H groups in total. The van der Waals surface area contributed by atoms with Crippen molar-refractivity contribution in [3.05, 3.63) is 90.5 Å². The third kappa shape index (κ3) is 7.06. The Labute approximate surface area is 216 Å². The minimum atomic E-state index is -0.861. The SMILES string of the molecule is CC(C)(C)OC(=O)C(Cc1ccccc1)N(Cc1sccc1Br)C(=O)c1ccc(Cl)cc1Cl. The Morgan fingerprint density at radius 3 is 2.36 bits per heavy atom. The summed E-state index contributed by atoms with van der Waals surface area (Å²) in [6.45, 7) is 5.64. The molecule has 33 heavy (non-hydrogen) atoms. The van der Waals surface area contributed by atoms with Crippen molar-refractivity contribution in [2.75, 3.05) is 0 Å². The molecule has 0 spiro atoms. The average molecular weight is 569 g/mol. The van der Waals surface area contributed by atoms with Gasteiger partial charge in [-0.25, -0.2) is 4.79 Å². The van der Waals surface area contributed by atoms with Gasteiger partial charge in [0.25, 0.3) is 5.91 Å². The topological polar surface area (TPSA) is 46.6 Å². The Morgan fingerprint density at radius 2 is 1.79 bits per heavy atom. The van der Waals surface area contributed by atoms with Crippen molar-refractivity contribution < 1.29 is 14.3 Å². The zero-order valence-corrected chi connectivity index (χ0v) is 22.4. The Morgan fingerprint density at radius 1 is 1.09 bits per heavy atom. The summed E-state index contributed by atoms with van der Waals surface area (Å²) in [6.07, 6.45) is 0.301. The molecule has 1 unspecified atom stereocenters. The van der Waals surface area contributed by atoms with Gasteiger partial charge in [0.1, 0.15) is 11.6 Å². The van der Waals surface area contributed by atoms with Gasteiger partial charge < -0.3 is 9.64 Å². The van der Waals surface area contributed by atoms with Gasteiger partial charge in [-0.3, -0.25) is 4.79 Å². The first-order valence-electron chi connectivity index (χ1n) is 10.3. The lowest BCUT2D eigenvalue weighted by Crippen LogP contribution is -2.48. The van der Waals surface area contributed by atoms with Crippen molar-refractivity contribution in [1.29, 1.82) is 0 Å². The van der Waals surface area contributed by atoms with Gasteiger partial charge in [-0.15, -0.1) is 11.3 Å². The maximum atomic E-state index is 13.8. The molecular weight excluding hydrogens is 545 g/mol. The molecule has 0 aliphatic carbocycles. The van der Waals surface area contributed by atoms with Crippen LogP contribution in [0, 0.1) is 0 Å². The monoisotopic (exact) mass is 567 g/mol. The molecular formula is C25H24BrCl2NO3S. The zero-order chi connectivity index (χ0) is 24.2. The van der Waals surface area contributed by atoms with Crippen LogP contribution >= 0.6 is 50.5 Å². The Bertz CT molecular complexity index is 1130. The number of hydrogen-bond acceptors (Lipinski definition) is 4.